The molecular weight excluding hydrogens is 510 g/mol. The van der Waals surface area contributed by atoms with E-state index in [-0.39, 0.29) is 35.9 Å². The lowest BCUT2D eigenvalue weighted by atomic mass is 9.93. The van der Waals surface area contributed by atoms with Crippen molar-refractivity contribution in [3.63, 3.8) is 0 Å². The Morgan fingerprint density at radius 3 is 2.15 bits per heavy atom. The molecule has 27 heavy (non-hydrogen) atoms. The summed E-state index contributed by atoms with van der Waals surface area (Å²) in [4.78, 5) is 12.5. The molecule has 0 saturated heterocycles. The molecule has 2 aromatic rings. The molecule has 0 aliphatic heterocycles. The van der Waals surface area contributed by atoms with Crippen molar-refractivity contribution < 1.29 is 13.2 Å². The Balaban J connectivity index is 0.00000364. The Morgan fingerprint density at radius 2 is 1.63 bits per heavy atom. The highest BCUT2D eigenvalue weighted by atomic mass is 127. The summed E-state index contributed by atoms with van der Waals surface area (Å²) in [6.07, 6.45) is -4.42. The first-order chi connectivity index (χ1) is 12.1. The molecule has 11 heteroatoms. The van der Waals surface area contributed by atoms with Gasteiger partial charge in [-0.15, -0.1) is 46.7 Å². The maximum absolute atomic E-state index is 12.6. The van der Waals surface area contributed by atoms with Crippen LogP contribution in [0.25, 0.3) is 0 Å². The van der Waals surface area contributed by atoms with E-state index in [0.29, 0.717) is 24.1 Å². The molecule has 0 aliphatic rings. The predicted octanol–water partition coefficient (Wildman–Crippen LogP) is 4.79. The summed E-state index contributed by atoms with van der Waals surface area (Å²) in [6.45, 7) is 9.46. The van der Waals surface area contributed by atoms with Gasteiger partial charge in [-0.1, -0.05) is 20.8 Å². The van der Waals surface area contributed by atoms with E-state index in [9.17, 15) is 13.2 Å². The van der Waals surface area contributed by atoms with Crippen molar-refractivity contribution >= 4 is 52.6 Å². The van der Waals surface area contributed by atoms with E-state index < -0.39 is 11.9 Å². The number of aliphatic imine (C=N–C) groups is 1. The Hall–Kier alpha value is -0.950. The van der Waals surface area contributed by atoms with Crippen molar-refractivity contribution in [2.24, 2.45) is 4.99 Å². The summed E-state index contributed by atoms with van der Waals surface area (Å²) in [5.74, 6) is 0.517. The number of rotatable bonds is 5. The van der Waals surface area contributed by atoms with E-state index in [1.54, 1.807) is 11.3 Å². The van der Waals surface area contributed by atoms with Crippen molar-refractivity contribution in [3.8, 4) is 0 Å². The van der Waals surface area contributed by atoms with Crippen LogP contribution in [-0.2, 0) is 24.7 Å². The van der Waals surface area contributed by atoms with Gasteiger partial charge in [0, 0.05) is 22.7 Å². The second-order valence-electron chi connectivity index (χ2n) is 6.55. The number of thiazole rings is 2. The highest BCUT2D eigenvalue weighted by molar-refractivity contribution is 14.0. The molecule has 2 aromatic heterocycles. The molecule has 2 rings (SSSR count). The SMILES string of the molecule is CCNC(=NCc1nc(C(F)(F)F)cs1)NCc1nc(C(C)(C)C)cs1.I. The Kier molecular flexibility index (Phi) is 8.93. The zero-order valence-electron chi connectivity index (χ0n) is 15.5. The van der Waals surface area contributed by atoms with Crippen LogP contribution in [0.5, 0.6) is 0 Å². The first-order valence-corrected chi connectivity index (χ1v) is 9.84. The average molecular weight is 533 g/mol. The molecule has 0 bridgehead atoms. The fourth-order valence-electron chi connectivity index (χ4n) is 1.90. The number of alkyl halides is 3. The minimum atomic E-state index is -4.42. The van der Waals surface area contributed by atoms with E-state index in [1.165, 1.54) is 0 Å². The fourth-order valence-corrected chi connectivity index (χ4v) is 3.58. The summed E-state index contributed by atoms with van der Waals surface area (Å²) in [5, 5.41) is 10.5. The third kappa shape index (κ3) is 7.53. The summed E-state index contributed by atoms with van der Waals surface area (Å²) < 4.78 is 37.8. The molecule has 152 valence electrons. The van der Waals surface area contributed by atoms with Gasteiger partial charge in [-0.25, -0.2) is 15.0 Å². The monoisotopic (exact) mass is 533 g/mol. The van der Waals surface area contributed by atoms with Gasteiger partial charge < -0.3 is 10.6 Å². The second kappa shape index (κ2) is 10.0. The van der Waals surface area contributed by atoms with Crippen molar-refractivity contribution in [1.82, 2.24) is 20.6 Å². The zero-order chi connectivity index (χ0) is 19.4. The van der Waals surface area contributed by atoms with E-state index in [1.807, 2.05) is 12.3 Å². The molecule has 0 aromatic carbocycles. The van der Waals surface area contributed by atoms with Gasteiger partial charge in [-0.2, -0.15) is 13.2 Å². The van der Waals surface area contributed by atoms with Crippen LogP contribution in [0, 0.1) is 0 Å². The Morgan fingerprint density at radius 1 is 1.04 bits per heavy atom. The van der Waals surface area contributed by atoms with Crippen LogP contribution < -0.4 is 10.6 Å². The topological polar surface area (TPSA) is 62.2 Å². The minimum Gasteiger partial charge on any atom is -0.357 e. The van der Waals surface area contributed by atoms with Crippen molar-refractivity contribution in [2.75, 3.05) is 6.54 Å². The lowest BCUT2D eigenvalue weighted by Crippen LogP contribution is -2.36. The van der Waals surface area contributed by atoms with Crippen LogP contribution >= 0.6 is 46.7 Å². The zero-order valence-corrected chi connectivity index (χ0v) is 19.4. The number of nitrogens with one attached hydrogen (secondary N) is 2. The number of guanidine groups is 1. The third-order valence-corrected chi connectivity index (χ3v) is 4.97. The fraction of sp³-hybridized carbons (Fsp3) is 0.562. The van der Waals surface area contributed by atoms with Crippen LogP contribution in [0.2, 0.25) is 0 Å². The van der Waals surface area contributed by atoms with Crippen LogP contribution in [0.1, 0.15) is 49.1 Å². The molecule has 0 spiro atoms. The standard InChI is InChI=1S/C16H22F3N5S2.HI/c1-5-20-14(21-6-12-23-10(8-25-12)15(2,3)4)22-7-13-24-11(9-26-13)16(17,18)19;/h8-9H,5-7H2,1-4H3,(H2,20,21,22);1H. The van der Waals surface area contributed by atoms with Gasteiger partial charge in [0.15, 0.2) is 11.7 Å². The van der Waals surface area contributed by atoms with Crippen LogP contribution in [0.4, 0.5) is 13.2 Å². The van der Waals surface area contributed by atoms with E-state index in [0.717, 1.165) is 27.4 Å². The van der Waals surface area contributed by atoms with Crippen LogP contribution in [0.15, 0.2) is 15.8 Å². The molecule has 0 aliphatic carbocycles. The number of halogens is 4. The molecule has 2 N–H and O–H groups in total. The largest absolute Gasteiger partial charge is 0.434 e. The summed E-state index contributed by atoms with van der Waals surface area (Å²) in [6, 6.07) is 0. The van der Waals surface area contributed by atoms with E-state index in [2.05, 4.69) is 46.4 Å². The van der Waals surface area contributed by atoms with Crippen LogP contribution in [-0.4, -0.2) is 22.5 Å². The number of aromatic nitrogens is 2. The van der Waals surface area contributed by atoms with Gasteiger partial charge in [-0.3, -0.25) is 0 Å². The first kappa shape index (κ1) is 24.1. The lowest BCUT2D eigenvalue weighted by molar-refractivity contribution is -0.140. The lowest BCUT2D eigenvalue weighted by Gasteiger charge is -2.14. The van der Waals surface area contributed by atoms with Gasteiger partial charge in [0.05, 0.1) is 18.8 Å². The summed E-state index contributed by atoms with van der Waals surface area (Å²) in [5.41, 5.74) is 0.154. The maximum Gasteiger partial charge on any atom is 0.434 e. The number of hydrogen-bond donors (Lipinski definition) is 2. The molecule has 0 atom stereocenters. The first-order valence-electron chi connectivity index (χ1n) is 8.08. The highest BCUT2D eigenvalue weighted by Crippen LogP contribution is 2.30. The smallest absolute Gasteiger partial charge is 0.357 e. The van der Waals surface area contributed by atoms with Crippen LogP contribution in [0.3, 0.4) is 0 Å². The molecular formula is C16H23F3IN5S2. The summed E-state index contributed by atoms with van der Waals surface area (Å²) >= 11 is 2.52. The maximum atomic E-state index is 12.6. The second-order valence-corrected chi connectivity index (χ2v) is 8.43. The summed E-state index contributed by atoms with van der Waals surface area (Å²) in [7, 11) is 0. The quantitative estimate of drug-likeness (QED) is 0.330. The molecule has 0 radical (unpaired) electrons. The van der Waals surface area contributed by atoms with E-state index in [4.69, 9.17) is 0 Å². The molecule has 2 heterocycles. The number of hydrogen-bond acceptors (Lipinski definition) is 5. The van der Waals surface area contributed by atoms with Gasteiger partial charge in [0.1, 0.15) is 10.0 Å². The third-order valence-electron chi connectivity index (χ3n) is 3.29. The predicted molar refractivity (Wildman–Crippen MR) is 115 cm³/mol. The van der Waals surface area contributed by atoms with Gasteiger partial charge in [0.2, 0.25) is 0 Å². The van der Waals surface area contributed by atoms with Gasteiger partial charge >= 0.3 is 6.18 Å². The molecule has 0 amide bonds. The average Bonchev–Trinajstić information content (AvgIpc) is 3.18. The van der Waals surface area contributed by atoms with Crippen molar-refractivity contribution in [1.29, 1.82) is 0 Å². The number of nitrogens with zero attached hydrogens (tertiary/aromatic N) is 3. The minimum absolute atomic E-state index is 0. The molecule has 5 nitrogen and oxygen atoms in total. The Labute approximate surface area is 181 Å². The molecule has 0 fully saturated rings. The van der Waals surface area contributed by atoms with Crippen molar-refractivity contribution in [3.05, 3.63) is 32.2 Å². The van der Waals surface area contributed by atoms with Gasteiger partial charge in [-0.05, 0) is 6.92 Å². The molecule has 0 unspecified atom stereocenters. The molecule has 0 saturated carbocycles. The normalized spacial score (nSPS) is 12.6. The van der Waals surface area contributed by atoms with Gasteiger partial charge in [0.25, 0.3) is 0 Å². The van der Waals surface area contributed by atoms with Crippen molar-refractivity contribution in [2.45, 2.75) is 52.4 Å². The Bertz CT molecular complexity index is 750. The van der Waals surface area contributed by atoms with E-state index >= 15 is 0 Å². The highest BCUT2D eigenvalue weighted by Gasteiger charge is 2.33.